The molecular weight excluding hydrogens is 324 g/mol. The normalized spacial score (nSPS) is 12.7. The van der Waals surface area contributed by atoms with Crippen molar-refractivity contribution >= 4 is 28.2 Å². The molecule has 0 unspecified atom stereocenters. The Kier molecular flexibility index (Phi) is 2.75. The van der Waals surface area contributed by atoms with Gasteiger partial charge in [-0.3, -0.25) is 4.98 Å². The molecule has 1 aromatic carbocycles. The maximum absolute atomic E-state index is 14.9. The highest BCUT2D eigenvalue weighted by molar-refractivity contribution is 6.29. The Balaban J connectivity index is 1.89. The van der Waals surface area contributed by atoms with Gasteiger partial charge in [0, 0.05) is 17.1 Å². The van der Waals surface area contributed by atoms with Crippen molar-refractivity contribution in [3.63, 3.8) is 0 Å². The van der Waals surface area contributed by atoms with E-state index in [2.05, 4.69) is 20.3 Å². The molecule has 0 saturated heterocycles. The van der Waals surface area contributed by atoms with Gasteiger partial charge in [0.1, 0.15) is 5.15 Å². The Labute approximate surface area is 135 Å². The number of alkyl halides is 2. The van der Waals surface area contributed by atoms with Crippen LogP contribution in [0.15, 0.2) is 48.6 Å². The first-order chi connectivity index (χ1) is 11.4. The first kappa shape index (κ1) is 12.8. The molecule has 3 aromatic heterocycles. The van der Waals surface area contributed by atoms with Gasteiger partial charge in [0.25, 0.3) is 0 Å². The van der Waals surface area contributed by atoms with Gasteiger partial charge in [0.05, 0.1) is 6.89 Å². The summed E-state index contributed by atoms with van der Waals surface area (Å²) in [6.07, 6.45) is 0.0734. The van der Waals surface area contributed by atoms with Gasteiger partial charge in [-0.25, -0.2) is 0 Å². The number of hydrogen-bond acceptors (Lipinski definition) is 4. The van der Waals surface area contributed by atoms with Crippen LogP contribution in [0.5, 0.6) is 0 Å². The monoisotopic (exact) mass is 332 g/mol. The van der Waals surface area contributed by atoms with E-state index in [1.54, 1.807) is 6.07 Å². The molecule has 0 saturated carbocycles. The molecule has 4 aromatic rings. The van der Waals surface area contributed by atoms with E-state index in [1.807, 2.05) is 0 Å². The van der Waals surface area contributed by atoms with Crippen molar-refractivity contribution in [3.8, 4) is 0 Å². The third-order valence-corrected chi connectivity index (χ3v) is 3.63. The lowest BCUT2D eigenvalue weighted by Crippen LogP contribution is -2.20. The van der Waals surface area contributed by atoms with Crippen molar-refractivity contribution in [3.05, 3.63) is 65.2 Å². The average molecular weight is 333 g/mol. The van der Waals surface area contributed by atoms with Crippen molar-refractivity contribution in [1.82, 2.24) is 24.8 Å². The van der Waals surface area contributed by atoms with Crippen LogP contribution in [0.25, 0.3) is 16.6 Å². The molecule has 0 bridgehead atoms. The highest BCUT2D eigenvalue weighted by Gasteiger charge is 2.40. The van der Waals surface area contributed by atoms with Gasteiger partial charge in [-0.15, -0.1) is 10.2 Å². The van der Waals surface area contributed by atoms with E-state index < -0.39 is 11.7 Å². The van der Waals surface area contributed by atoms with Crippen LogP contribution in [0.3, 0.4) is 0 Å². The lowest BCUT2D eigenvalue weighted by atomic mass is 10.0. The van der Waals surface area contributed by atoms with Gasteiger partial charge >= 0.3 is 5.92 Å². The molecule has 5 nitrogen and oxygen atoms in total. The van der Waals surface area contributed by atoms with Crippen LogP contribution >= 0.6 is 11.6 Å². The van der Waals surface area contributed by atoms with Crippen LogP contribution in [0, 0.1) is 0 Å². The van der Waals surface area contributed by atoms with E-state index >= 15 is 0 Å². The Hall–Kier alpha value is -2.67. The third-order valence-electron chi connectivity index (χ3n) is 3.42. The number of halogens is 3. The maximum Gasteiger partial charge on any atom is 0.333 e. The van der Waals surface area contributed by atoms with Crippen molar-refractivity contribution in [2.45, 2.75) is 5.92 Å². The molecule has 0 fully saturated rings. The maximum atomic E-state index is 14.9. The second-order valence-corrected chi connectivity index (χ2v) is 5.26. The number of benzene rings is 1. The summed E-state index contributed by atoms with van der Waals surface area (Å²) in [6.45, 7) is 0. The van der Waals surface area contributed by atoms with Crippen LogP contribution in [0.4, 0.5) is 8.78 Å². The van der Waals surface area contributed by atoms with E-state index in [0.717, 1.165) is 4.52 Å². The molecule has 0 N–H and O–H groups in total. The molecule has 114 valence electrons. The number of pyridine rings is 1. The summed E-state index contributed by atoms with van der Waals surface area (Å²) < 4.78 is 38.3. The summed E-state index contributed by atoms with van der Waals surface area (Å²) in [5.74, 6) is -4.05. The van der Waals surface area contributed by atoms with Gasteiger partial charge in [-0.05, 0) is 30.3 Å². The fourth-order valence-corrected chi connectivity index (χ4v) is 2.45. The molecule has 0 aliphatic rings. The van der Waals surface area contributed by atoms with E-state index in [0.29, 0.717) is 10.9 Å². The predicted octanol–water partition coefficient (Wildman–Crippen LogP) is 3.47. The SMILES string of the molecule is [2H]c1ccc2cc(C(F)(F)c3nnc4ccc(Cl)nn34)ccc2n1. The molecule has 0 atom stereocenters. The molecule has 0 aliphatic carbocycles. The van der Waals surface area contributed by atoms with Gasteiger partial charge in [-0.2, -0.15) is 18.4 Å². The smallest absolute Gasteiger partial charge is 0.256 e. The Bertz CT molecular complexity index is 1080. The highest BCUT2D eigenvalue weighted by Crippen LogP contribution is 2.35. The van der Waals surface area contributed by atoms with E-state index in [-0.39, 0.29) is 22.5 Å². The molecule has 23 heavy (non-hydrogen) atoms. The van der Waals surface area contributed by atoms with E-state index in [4.69, 9.17) is 13.0 Å². The Morgan fingerprint density at radius 2 is 2.00 bits per heavy atom. The van der Waals surface area contributed by atoms with Crippen molar-refractivity contribution in [2.75, 3.05) is 0 Å². The van der Waals surface area contributed by atoms with Crippen molar-refractivity contribution < 1.29 is 10.2 Å². The standard InChI is InChI=1S/C15H8ClF2N5/c16-12-5-6-13-20-21-14(23(13)22-12)15(17,18)10-3-4-11-9(8-10)2-1-7-19-11/h1-8H/i7D. The predicted molar refractivity (Wildman–Crippen MR) is 80.5 cm³/mol. The van der Waals surface area contributed by atoms with Crippen LogP contribution in [-0.2, 0) is 5.92 Å². The van der Waals surface area contributed by atoms with Gasteiger partial charge in [-0.1, -0.05) is 23.7 Å². The summed E-state index contributed by atoms with van der Waals surface area (Å²) in [7, 11) is 0. The largest absolute Gasteiger partial charge is 0.333 e. The minimum atomic E-state index is -3.43. The fraction of sp³-hybridized carbons (Fsp3) is 0.0667. The molecular formula is C15H8ClF2N5. The summed E-state index contributed by atoms with van der Waals surface area (Å²) in [4.78, 5) is 3.98. The second kappa shape index (κ2) is 4.92. The molecule has 8 heteroatoms. The lowest BCUT2D eigenvalue weighted by Gasteiger charge is -2.15. The van der Waals surface area contributed by atoms with E-state index in [1.165, 1.54) is 36.4 Å². The molecule has 3 heterocycles. The van der Waals surface area contributed by atoms with Crippen molar-refractivity contribution in [2.24, 2.45) is 0 Å². The quantitative estimate of drug-likeness (QED) is 0.564. The van der Waals surface area contributed by atoms with Crippen LogP contribution in [0.2, 0.25) is 5.15 Å². The second-order valence-electron chi connectivity index (χ2n) is 4.87. The molecule has 0 amide bonds. The highest BCUT2D eigenvalue weighted by atomic mass is 35.5. The van der Waals surface area contributed by atoms with Gasteiger partial charge in [0.2, 0.25) is 5.82 Å². The average Bonchev–Trinajstić information content (AvgIpc) is 2.98. The van der Waals surface area contributed by atoms with Crippen LogP contribution in [-0.4, -0.2) is 24.8 Å². The van der Waals surface area contributed by atoms with E-state index in [9.17, 15) is 8.78 Å². The molecule has 0 aliphatic heterocycles. The first-order valence-corrected chi connectivity index (χ1v) is 6.97. The fourth-order valence-electron chi connectivity index (χ4n) is 2.31. The third kappa shape index (κ3) is 2.20. The molecule has 0 spiro atoms. The van der Waals surface area contributed by atoms with Crippen LogP contribution in [0.1, 0.15) is 12.8 Å². The van der Waals surface area contributed by atoms with Crippen LogP contribution < -0.4 is 0 Å². The summed E-state index contributed by atoms with van der Waals surface area (Å²) in [6, 6.07) is 9.93. The number of fused-ring (bicyclic) bond motifs is 2. The topological polar surface area (TPSA) is 56.0 Å². The zero-order valence-corrected chi connectivity index (χ0v) is 12.2. The number of aromatic nitrogens is 5. The minimum absolute atomic E-state index is 0.0602. The summed E-state index contributed by atoms with van der Waals surface area (Å²) in [5, 5.41) is 11.7. The molecule has 0 radical (unpaired) electrons. The zero-order chi connectivity index (χ0) is 16.9. The Morgan fingerprint density at radius 1 is 1.13 bits per heavy atom. The number of rotatable bonds is 2. The molecule has 4 rings (SSSR count). The van der Waals surface area contributed by atoms with Crippen molar-refractivity contribution in [1.29, 1.82) is 0 Å². The van der Waals surface area contributed by atoms with Gasteiger partial charge in [0.15, 0.2) is 5.65 Å². The summed E-state index contributed by atoms with van der Waals surface area (Å²) in [5.41, 5.74) is 0.371. The first-order valence-electron chi connectivity index (χ1n) is 7.09. The van der Waals surface area contributed by atoms with Gasteiger partial charge < -0.3 is 0 Å². The number of hydrogen-bond donors (Lipinski definition) is 0. The summed E-state index contributed by atoms with van der Waals surface area (Å²) >= 11 is 5.78. The zero-order valence-electron chi connectivity index (χ0n) is 12.4. The number of nitrogens with zero attached hydrogens (tertiary/aromatic N) is 5. The lowest BCUT2D eigenvalue weighted by molar-refractivity contribution is 0.0307. The minimum Gasteiger partial charge on any atom is -0.256 e. The Morgan fingerprint density at radius 3 is 2.87 bits per heavy atom.